The molecule has 0 aliphatic rings. The van der Waals surface area contributed by atoms with E-state index < -0.39 is 5.41 Å². The minimum atomic E-state index is -0.584. The smallest absolute Gasteiger partial charge is 0.227 e. The third-order valence-electron chi connectivity index (χ3n) is 1.94. The third-order valence-corrected chi connectivity index (χ3v) is 1.94. The zero-order valence-corrected chi connectivity index (χ0v) is 9.02. The number of hydrogen-bond donors (Lipinski definition) is 3. The van der Waals surface area contributed by atoms with Crippen LogP contribution in [-0.4, -0.2) is 32.0 Å². The molecule has 0 bridgehead atoms. The molecule has 0 aromatic carbocycles. The summed E-state index contributed by atoms with van der Waals surface area (Å²) in [5.74, 6) is -0.213. The molecule has 0 unspecified atom stereocenters. The first-order chi connectivity index (χ1) is 6.44. The van der Waals surface area contributed by atoms with Gasteiger partial charge < -0.3 is 16.4 Å². The van der Waals surface area contributed by atoms with Crippen LogP contribution < -0.4 is 16.4 Å². The number of carbonyl (C=O) groups is 2. The van der Waals surface area contributed by atoms with Gasteiger partial charge in [-0.25, -0.2) is 0 Å². The molecule has 0 radical (unpaired) electrons. The number of rotatable bonds is 5. The van der Waals surface area contributed by atoms with Gasteiger partial charge in [0.15, 0.2) is 0 Å². The molecular formula is C9H19N3O2. The van der Waals surface area contributed by atoms with Gasteiger partial charge in [-0.05, 0) is 13.8 Å². The maximum absolute atomic E-state index is 11.3. The Labute approximate surface area is 84.4 Å². The van der Waals surface area contributed by atoms with E-state index in [4.69, 9.17) is 5.73 Å². The van der Waals surface area contributed by atoms with Crippen molar-refractivity contribution in [1.82, 2.24) is 10.6 Å². The van der Waals surface area contributed by atoms with Crippen LogP contribution >= 0.6 is 0 Å². The maximum Gasteiger partial charge on any atom is 0.227 e. The molecule has 82 valence electrons. The largest absolute Gasteiger partial charge is 0.359 e. The van der Waals surface area contributed by atoms with E-state index >= 15 is 0 Å². The molecule has 0 rings (SSSR count). The molecule has 0 spiro atoms. The summed E-state index contributed by atoms with van der Waals surface area (Å²) < 4.78 is 0. The molecule has 0 fully saturated rings. The van der Waals surface area contributed by atoms with Crippen molar-refractivity contribution in [3.63, 3.8) is 0 Å². The number of amides is 2. The van der Waals surface area contributed by atoms with E-state index in [1.807, 2.05) is 0 Å². The Balaban J connectivity index is 3.98. The van der Waals surface area contributed by atoms with Gasteiger partial charge in [0.1, 0.15) is 0 Å². The molecule has 4 N–H and O–H groups in total. The summed E-state index contributed by atoms with van der Waals surface area (Å²) >= 11 is 0. The third kappa shape index (κ3) is 4.23. The Morgan fingerprint density at radius 3 is 2.36 bits per heavy atom. The highest BCUT2D eigenvalue weighted by Crippen LogP contribution is 2.12. The molecule has 5 heteroatoms. The maximum atomic E-state index is 11.3. The van der Waals surface area contributed by atoms with Gasteiger partial charge in [-0.3, -0.25) is 9.59 Å². The topological polar surface area (TPSA) is 84.2 Å². The van der Waals surface area contributed by atoms with Crippen molar-refractivity contribution in [3.05, 3.63) is 0 Å². The van der Waals surface area contributed by atoms with E-state index in [0.717, 1.165) is 0 Å². The van der Waals surface area contributed by atoms with Crippen LogP contribution in [0.2, 0.25) is 0 Å². The molecule has 0 aliphatic carbocycles. The van der Waals surface area contributed by atoms with Crippen LogP contribution in [0.4, 0.5) is 0 Å². The average molecular weight is 201 g/mol. The zero-order valence-electron chi connectivity index (χ0n) is 9.02. The van der Waals surface area contributed by atoms with Gasteiger partial charge in [-0.15, -0.1) is 0 Å². The molecule has 0 aromatic rings. The highest BCUT2D eigenvalue weighted by Gasteiger charge is 2.26. The lowest BCUT2D eigenvalue weighted by Crippen LogP contribution is -2.44. The second kappa shape index (κ2) is 5.59. The fourth-order valence-electron chi connectivity index (χ4n) is 0.958. The molecule has 2 amide bonds. The monoisotopic (exact) mass is 201 g/mol. The van der Waals surface area contributed by atoms with Crippen LogP contribution in [0.3, 0.4) is 0 Å². The zero-order chi connectivity index (χ0) is 11.2. The number of hydrogen-bond acceptors (Lipinski definition) is 3. The van der Waals surface area contributed by atoms with E-state index in [-0.39, 0.29) is 11.8 Å². The van der Waals surface area contributed by atoms with Gasteiger partial charge >= 0.3 is 0 Å². The van der Waals surface area contributed by atoms with Crippen molar-refractivity contribution >= 4 is 11.8 Å². The Bertz CT molecular complexity index is 214. The van der Waals surface area contributed by atoms with Crippen molar-refractivity contribution in [2.45, 2.75) is 20.3 Å². The summed E-state index contributed by atoms with van der Waals surface area (Å²) in [6.07, 6.45) is 0.295. The summed E-state index contributed by atoms with van der Waals surface area (Å²) in [6, 6.07) is 0. The van der Waals surface area contributed by atoms with Gasteiger partial charge in [-0.2, -0.15) is 0 Å². The Hall–Kier alpha value is -1.10. The summed E-state index contributed by atoms with van der Waals surface area (Å²) in [5.41, 5.74) is 4.63. The van der Waals surface area contributed by atoms with E-state index in [1.54, 1.807) is 20.9 Å². The fourth-order valence-corrected chi connectivity index (χ4v) is 0.958. The van der Waals surface area contributed by atoms with E-state index in [9.17, 15) is 9.59 Å². The number of nitrogens with two attached hydrogens (primary N) is 1. The summed E-state index contributed by atoms with van der Waals surface area (Å²) in [6.45, 7) is 4.20. The fraction of sp³-hybridized carbons (Fsp3) is 0.778. The van der Waals surface area contributed by atoms with Gasteiger partial charge in [0.25, 0.3) is 0 Å². The Kier molecular flexibility index (Phi) is 5.15. The normalized spacial score (nSPS) is 10.9. The quantitative estimate of drug-likeness (QED) is 0.546. The predicted molar refractivity (Wildman–Crippen MR) is 54.5 cm³/mol. The number of nitrogens with one attached hydrogen (secondary N) is 2. The molecule has 14 heavy (non-hydrogen) atoms. The molecule has 0 aliphatic heterocycles. The van der Waals surface area contributed by atoms with Crippen LogP contribution in [0.25, 0.3) is 0 Å². The Morgan fingerprint density at radius 2 is 1.93 bits per heavy atom. The lowest BCUT2D eigenvalue weighted by Gasteiger charge is -2.22. The molecule has 0 saturated carbocycles. The van der Waals surface area contributed by atoms with Crippen molar-refractivity contribution < 1.29 is 9.59 Å². The lowest BCUT2D eigenvalue weighted by atomic mass is 9.92. The standard InChI is InChI=1S/C9H19N3O2/c1-9(2,8(14)11-3)6-12-7(13)4-5-10/h4-6,10H2,1-3H3,(H,11,14)(H,12,13). The molecule has 0 atom stereocenters. The van der Waals surface area contributed by atoms with E-state index in [1.165, 1.54) is 0 Å². The molecule has 5 nitrogen and oxygen atoms in total. The van der Waals surface area contributed by atoms with Gasteiger partial charge in [-0.1, -0.05) is 0 Å². The summed E-state index contributed by atoms with van der Waals surface area (Å²) in [5, 5.41) is 5.21. The van der Waals surface area contributed by atoms with Crippen molar-refractivity contribution in [2.75, 3.05) is 20.1 Å². The minimum absolute atomic E-state index is 0.0921. The highest BCUT2D eigenvalue weighted by atomic mass is 16.2. The molecular weight excluding hydrogens is 182 g/mol. The summed E-state index contributed by atoms with van der Waals surface area (Å²) in [7, 11) is 1.58. The first-order valence-electron chi connectivity index (χ1n) is 4.63. The molecule has 0 heterocycles. The molecule has 0 aromatic heterocycles. The minimum Gasteiger partial charge on any atom is -0.359 e. The SMILES string of the molecule is CNC(=O)C(C)(C)CNC(=O)CCN. The molecule has 0 saturated heterocycles. The summed E-state index contributed by atoms with van der Waals surface area (Å²) in [4.78, 5) is 22.4. The first-order valence-corrected chi connectivity index (χ1v) is 4.63. The van der Waals surface area contributed by atoms with Gasteiger partial charge in [0.05, 0.1) is 5.41 Å². The average Bonchev–Trinajstić information content (AvgIpc) is 2.14. The van der Waals surface area contributed by atoms with Crippen LogP contribution in [0.15, 0.2) is 0 Å². The second-order valence-electron chi connectivity index (χ2n) is 3.78. The van der Waals surface area contributed by atoms with Crippen LogP contribution in [-0.2, 0) is 9.59 Å². The van der Waals surface area contributed by atoms with Crippen molar-refractivity contribution in [2.24, 2.45) is 11.1 Å². The van der Waals surface area contributed by atoms with E-state index in [0.29, 0.717) is 19.5 Å². The van der Waals surface area contributed by atoms with Crippen molar-refractivity contribution in [3.8, 4) is 0 Å². The Morgan fingerprint density at radius 1 is 1.36 bits per heavy atom. The lowest BCUT2D eigenvalue weighted by molar-refractivity contribution is -0.129. The van der Waals surface area contributed by atoms with Crippen LogP contribution in [0, 0.1) is 5.41 Å². The predicted octanol–water partition coefficient (Wildman–Crippen LogP) is -0.776. The van der Waals surface area contributed by atoms with E-state index in [2.05, 4.69) is 10.6 Å². The number of carbonyl (C=O) groups excluding carboxylic acids is 2. The highest BCUT2D eigenvalue weighted by molar-refractivity contribution is 5.83. The second-order valence-corrected chi connectivity index (χ2v) is 3.78. The van der Waals surface area contributed by atoms with Crippen LogP contribution in [0.5, 0.6) is 0 Å². The van der Waals surface area contributed by atoms with Gasteiger partial charge in [0, 0.05) is 26.6 Å². The van der Waals surface area contributed by atoms with Gasteiger partial charge in [0.2, 0.25) is 11.8 Å². The van der Waals surface area contributed by atoms with Crippen LogP contribution in [0.1, 0.15) is 20.3 Å². The van der Waals surface area contributed by atoms with Crippen molar-refractivity contribution in [1.29, 1.82) is 0 Å². The first kappa shape index (κ1) is 12.9.